The molecule has 3 aliphatic heterocycles. The highest BCUT2D eigenvalue weighted by Crippen LogP contribution is 2.53. The summed E-state index contributed by atoms with van der Waals surface area (Å²) in [6, 6.07) is 9.79. The van der Waals surface area contributed by atoms with Gasteiger partial charge in [-0.1, -0.05) is 51.1 Å². The monoisotopic (exact) mass is 408 g/mol. The summed E-state index contributed by atoms with van der Waals surface area (Å²) in [5.41, 5.74) is 0.838. The lowest BCUT2D eigenvalue weighted by atomic mass is 9.81. The third kappa shape index (κ3) is 2.99. The van der Waals surface area contributed by atoms with Crippen LogP contribution in [0.3, 0.4) is 0 Å². The SMILES string of the molecule is CO[C@@H]1C2OC3(c4ccccc4)O[C@@H]1C(O[Si](C)(C)C(C)(C)C)[C@H](O3)[C@@H]2OC. The summed E-state index contributed by atoms with van der Waals surface area (Å²) in [6.45, 7) is 11.2. The molecule has 3 unspecified atom stereocenters. The van der Waals surface area contributed by atoms with Crippen LogP contribution in [-0.4, -0.2) is 59.2 Å². The summed E-state index contributed by atoms with van der Waals surface area (Å²) in [5, 5.41) is 0.0699. The summed E-state index contributed by atoms with van der Waals surface area (Å²) in [4.78, 5) is 0. The Balaban J connectivity index is 1.72. The molecule has 0 radical (unpaired) electrons. The topological polar surface area (TPSA) is 55.4 Å². The van der Waals surface area contributed by atoms with Crippen molar-refractivity contribution in [2.75, 3.05) is 14.2 Å². The van der Waals surface area contributed by atoms with Gasteiger partial charge in [0.15, 0.2) is 8.32 Å². The minimum atomic E-state index is -2.07. The van der Waals surface area contributed by atoms with Gasteiger partial charge in [0.2, 0.25) is 0 Å². The van der Waals surface area contributed by atoms with Crippen molar-refractivity contribution >= 4 is 8.32 Å². The van der Waals surface area contributed by atoms with E-state index in [0.29, 0.717) is 0 Å². The number of ether oxygens (including phenoxy) is 5. The van der Waals surface area contributed by atoms with Crippen LogP contribution >= 0.6 is 0 Å². The fraction of sp³-hybridized carbons (Fsp3) is 0.714. The van der Waals surface area contributed by atoms with Gasteiger partial charge in [-0.2, -0.15) is 0 Å². The van der Waals surface area contributed by atoms with Crippen LogP contribution in [0.1, 0.15) is 26.3 Å². The third-order valence-corrected chi connectivity index (χ3v) is 11.2. The maximum absolute atomic E-state index is 6.80. The normalized spacial score (nSPS) is 40.1. The number of methoxy groups -OCH3 is 2. The Morgan fingerprint density at radius 2 is 1.29 bits per heavy atom. The van der Waals surface area contributed by atoms with Crippen LogP contribution in [0.4, 0.5) is 0 Å². The van der Waals surface area contributed by atoms with Crippen molar-refractivity contribution in [3.63, 3.8) is 0 Å². The maximum atomic E-state index is 6.80. The Kier molecular flexibility index (Phi) is 5.02. The first-order chi connectivity index (χ1) is 13.1. The van der Waals surface area contributed by atoms with Crippen LogP contribution in [0.15, 0.2) is 30.3 Å². The van der Waals surface area contributed by atoms with Gasteiger partial charge < -0.3 is 28.1 Å². The van der Waals surface area contributed by atoms with Crippen LogP contribution in [0.25, 0.3) is 0 Å². The van der Waals surface area contributed by atoms with Gasteiger partial charge >= 0.3 is 5.97 Å². The average molecular weight is 409 g/mol. The van der Waals surface area contributed by atoms with E-state index in [1.54, 1.807) is 14.2 Å². The molecule has 0 aromatic heterocycles. The molecule has 1 saturated carbocycles. The molecule has 1 aromatic rings. The van der Waals surface area contributed by atoms with Crippen molar-refractivity contribution in [3.05, 3.63) is 35.9 Å². The van der Waals surface area contributed by atoms with E-state index in [1.165, 1.54) is 0 Å². The van der Waals surface area contributed by atoms with E-state index in [1.807, 2.05) is 30.3 Å². The summed E-state index contributed by atoms with van der Waals surface area (Å²) >= 11 is 0. The first-order valence-electron chi connectivity index (χ1n) is 9.96. The standard InChI is InChI=1S/C21H32O6Si/c1-20(2,3)28(6,7)27-19-17-14(22-4)16-15(23-5)18(19)26-21(24-16,25-17)13-11-9-8-10-12-13/h8-12,14-19H,1-7H3/t14-,15-,16?,17-,18+,19?,21?/m1/s1. The Morgan fingerprint density at radius 3 is 1.71 bits per heavy atom. The van der Waals surface area contributed by atoms with E-state index in [0.717, 1.165) is 5.56 Å². The molecule has 1 aromatic carbocycles. The largest absolute Gasteiger partial charge is 0.408 e. The van der Waals surface area contributed by atoms with Gasteiger partial charge in [-0.25, -0.2) is 0 Å². The summed E-state index contributed by atoms with van der Waals surface area (Å²) in [6.07, 6.45) is -1.69. The van der Waals surface area contributed by atoms with Crippen LogP contribution in [0.2, 0.25) is 18.1 Å². The number of hydrogen-bond acceptors (Lipinski definition) is 6. The molecule has 28 heavy (non-hydrogen) atoms. The lowest BCUT2D eigenvalue weighted by molar-refractivity contribution is -0.548. The van der Waals surface area contributed by atoms with Gasteiger partial charge in [0.1, 0.15) is 36.6 Å². The zero-order valence-corrected chi connectivity index (χ0v) is 18.8. The lowest BCUT2D eigenvalue weighted by Crippen LogP contribution is -2.79. The van der Waals surface area contributed by atoms with Crippen LogP contribution in [0.5, 0.6) is 0 Å². The quantitative estimate of drug-likeness (QED) is 0.696. The average Bonchev–Trinajstić information content (AvgIpc) is 2.64. The van der Waals surface area contributed by atoms with Gasteiger partial charge in [-0.3, -0.25) is 0 Å². The van der Waals surface area contributed by atoms with Crippen LogP contribution < -0.4 is 0 Å². The molecule has 0 N–H and O–H groups in total. The van der Waals surface area contributed by atoms with Crippen molar-refractivity contribution in [2.24, 2.45) is 0 Å². The predicted octanol–water partition coefficient (Wildman–Crippen LogP) is 3.41. The van der Waals surface area contributed by atoms with Gasteiger partial charge in [0, 0.05) is 19.8 Å². The molecular formula is C21H32O6Si. The zero-order valence-electron chi connectivity index (χ0n) is 17.8. The lowest BCUT2D eigenvalue weighted by Gasteiger charge is -2.63. The molecule has 0 spiro atoms. The molecule has 3 saturated heterocycles. The third-order valence-electron chi connectivity index (χ3n) is 6.73. The highest BCUT2D eigenvalue weighted by atomic mass is 28.4. The fourth-order valence-electron chi connectivity index (χ4n) is 4.18. The second-order valence-electron chi connectivity index (χ2n) is 9.41. The number of hydrogen-bond donors (Lipinski definition) is 0. The fourth-order valence-corrected chi connectivity index (χ4v) is 5.48. The minimum absolute atomic E-state index is 0.0699. The van der Waals surface area contributed by atoms with Crippen molar-refractivity contribution in [1.29, 1.82) is 0 Å². The summed E-state index contributed by atoms with van der Waals surface area (Å²) in [5.74, 6) is -1.24. The Bertz CT molecular complexity index is 681. The van der Waals surface area contributed by atoms with Gasteiger partial charge in [0.25, 0.3) is 0 Å². The van der Waals surface area contributed by atoms with Gasteiger partial charge in [-0.15, -0.1) is 0 Å². The Hall–Kier alpha value is -0.803. The number of benzene rings is 1. The Morgan fingerprint density at radius 1 is 0.821 bits per heavy atom. The van der Waals surface area contributed by atoms with Crippen molar-refractivity contribution in [2.45, 2.75) is 81.5 Å². The smallest absolute Gasteiger partial charge is 0.313 e. The highest BCUT2D eigenvalue weighted by molar-refractivity contribution is 6.74. The molecule has 3 heterocycles. The molecule has 7 heteroatoms. The van der Waals surface area contributed by atoms with Crippen LogP contribution in [-0.2, 0) is 34.1 Å². The number of rotatable bonds is 5. The van der Waals surface area contributed by atoms with Crippen LogP contribution in [0, 0.1) is 0 Å². The van der Waals surface area contributed by atoms with E-state index in [9.17, 15) is 0 Å². The molecule has 6 nitrogen and oxygen atoms in total. The molecule has 1 aliphatic carbocycles. The van der Waals surface area contributed by atoms with Crippen molar-refractivity contribution in [1.82, 2.24) is 0 Å². The molecule has 4 aliphatic rings. The van der Waals surface area contributed by atoms with Gasteiger partial charge in [-0.05, 0) is 18.1 Å². The van der Waals surface area contributed by atoms with E-state index in [2.05, 4.69) is 33.9 Å². The van der Waals surface area contributed by atoms with Crippen molar-refractivity contribution < 1.29 is 28.1 Å². The van der Waals surface area contributed by atoms with E-state index >= 15 is 0 Å². The highest BCUT2D eigenvalue weighted by Gasteiger charge is 2.69. The molecule has 156 valence electrons. The molecule has 4 bridgehead atoms. The second kappa shape index (κ2) is 6.87. The first kappa shape index (κ1) is 20.5. The minimum Gasteiger partial charge on any atom is -0.408 e. The molecular weight excluding hydrogens is 376 g/mol. The zero-order chi connectivity index (χ0) is 20.3. The summed E-state index contributed by atoms with van der Waals surface area (Å²) in [7, 11) is 1.31. The molecule has 4 fully saturated rings. The second-order valence-corrected chi connectivity index (χ2v) is 14.2. The van der Waals surface area contributed by atoms with Gasteiger partial charge in [0.05, 0.1) is 0 Å². The molecule has 5 rings (SSSR count). The Labute approximate surface area is 168 Å². The predicted molar refractivity (Wildman–Crippen MR) is 106 cm³/mol. The van der Waals surface area contributed by atoms with E-state index in [4.69, 9.17) is 28.1 Å². The van der Waals surface area contributed by atoms with E-state index in [-0.39, 0.29) is 41.7 Å². The van der Waals surface area contributed by atoms with E-state index < -0.39 is 14.3 Å². The summed E-state index contributed by atoms with van der Waals surface area (Å²) < 4.78 is 37.6. The van der Waals surface area contributed by atoms with Crippen molar-refractivity contribution in [3.8, 4) is 0 Å². The maximum Gasteiger partial charge on any atom is 0.313 e. The molecule has 7 atom stereocenters. The molecule has 0 amide bonds. The first-order valence-corrected chi connectivity index (χ1v) is 12.9.